The molecule has 1 aromatic carbocycles. The van der Waals surface area contributed by atoms with Crippen LogP contribution in [0.4, 0.5) is 10.1 Å². The molecule has 2 rings (SSSR count). The molecule has 1 aliphatic heterocycles. The molecule has 1 heterocycles. The average Bonchev–Trinajstić information content (AvgIpc) is 2.38. The molecule has 1 aromatic rings. The molecule has 1 N–H and O–H groups in total. The first-order valence-electron chi connectivity index (χ1n) is 6.88. The van der Waals surface area contributed by atoms with Gasteiger partial charge in [0.05, 0.1) is 11.8 Å². The van der Waals surface area contributed by atoms with Crippen molar-refractivity contribution in [3.8, 4) is 0 Å². The van der Waals surface area contributed by atoms with Crippen LogP contribution in [0.5, 0.6) is 0 Å². The van der Waals surface area contributed by atoms with E-state index in [1.54, 1.807) is 19.1 Å². The summed E-state index contributed by atoms with van der Waals surface area (Å²) in [5, 5.41) is 9.47. The highest BCUT2D eigenvalue weighted by Crippen LogP contribution is 2.26. The maximum absolute atomic E-state index is 14.1. The standard InChI is InChI=1S/C15H23FN2O/c1-11(19)12-4-5-15(14(16)10-12)18(3)13-6-8-17(2)9-7-13/h4-5,10-11,13,19H,6-9H2,1-3H3/t11-/m1/s1. The number of hydrogen-bond acceptors (Lipinski definition) is 3. The first-order valence-corrected chi connectivity index (χ1v) is 6.88. The zero-order valence-corrected chi connectivity index (χ0v) is 11.9. The van der Waals surface area contributed by atoms with Crippen LogP contribution in [0.15, 0.2) is 18.2 Å². The van der Waals surface area contributed by atoms with Gasteiger partial charge in [0, 0.05) is 13.1 Å². The van der Waals surface area contributed by atoms with E-state index in [2.05, 4.69) is 11.9 Å². The van der Waals surface area contributed by atoms with Crippen molar-refractivity contribution >= 4 is 5.69 Å². The maximum Gasteiger partial charge on any atom is 0.146 e. The highest BCUT2D eigenvalue weighted by atomic mass is 19.1. The van der Waals surface area contributed by atoms with Crippen molar-refractivity contribution in [2.45, 2.75) is 31.9 Å². The summed E-state index contributed by atoms with van der Waals surface area (Å²) in [6.45, 7) is 3.76. The topological polar surface area (TPSA) is 26.7 Å². The summed E-state index contributed by atoms with van der Waals surface area (Å²) in [7, 11) is 4.07. The maximum atomic E-state index is 14.1. The fraction of sp³-hybridized carbons (Fsp3) is 0.600. The molecule has 1 atom stereocenters. The van der Waals surface area contributed by atoms with Crippen molar-refractivity contribution in [1.82, 2.24) is 4.90 Å². The molecule has 0 aliphatic carbocycles. The molecular formula is C15H23FN2O. The zero-order valence-electron chi connectivity index (χ0n) is 11.9. The van der Waals surface area contributed by atoms with E-state index in [1.807, 2.05) is 11.9 Å². The molecule has 0 aromatic heterocycles. The van der Waals surface area contributed by atoms with E-state index in [4.69, 9.17) is 0 Å². The van der Waals surface area contributed by atoms with Crippen molar-refractivity contribution < 1.29 is 9.50 Å². The van der Waals surface area contributed by atoms with Gasteiger partial charge in [-0.1, -0.05) is 6.07 Å². The van der Waals surface area contributed by atoms with E-state index in [-0.39, 0.29) is 5.82 Å². The van der Waals surface area contributed by atoms with Crippen LogP contribution in [0.3, 0.4) is 0 Å². The van der Waals surface area contributed by atoms with Gasteiger partial charge >= 0.3 is 0 Å². The predicted molar refractivity (Wildman–Crippen MR) is 76.0 cm³/mol. The lowest BCUT2D eigenvalue weighted by Crippen LogP contribution is -2.42. The van der Waals surface area contributed by atoms with Crippen LogP contribution in [-0.2, 0) is 0 Å². The molecule has 0 amide bonds. The van der Waals surface area contributed by atoms with E-state index in [0.717, 1.165) is 25.9 Å². The molecule has 3 nitrogen and oxygen atoms in total. The van der Waals surface area contributed by atoms with E-state index in [9.17, 15) is 9.50 Å². The Morgan fingerprint density at radius 3 is 2.53 bits per heavy atom. The zero-order chi connectivity index (χ0) is 14.0. The monoisotopic (exact) mass is 266 g/mol. The Morgan fingerprint density at radius 1 is 1.37 bits per heavy atom. The Balaban J connectivity index is 2.12. The molecule has 4 heteroatoms. The van der Waals surface area contributed by atoms with Gasteiger partial charge in [0.2, 0.25) is 0 Å². The Kier molecular flexibility index (Phi) is 4.42. The van der Waals surface area contributed by atoms with Crippen LogP contribution in [0.25, 0.3) is 0 Å². The lowest BCUT2D eigenvalue weighted by Gasteiger charge is -2.36. The molecule has 1 fully saturated rings. The fourth-order valence-corrected chi connectivity index (χ4v) is 2.65. The minimum atomic E-state index is -0.628. The van der Waals surface area contributed by atoms with Gasteiger partial charge in [-0.2, -0.15) is 0 Å². The third kappa shape index (κ3) is 3.25. The lowest BCUT2D eigenvalue weighted by atomic mass is 10.0. The Morgan fingerprint density at radius 2 is 2.00 bits per heavy atom. The van der Waals surface area contributed by atoms with Crippen molar-refractivity contribution in [3.05, 3.63) is 29.6 Å². The van der Waals surface area contributed by atoms with Crippen LogP contribution in [0.1, 0.15) is 31.4 Å². The summed E-state index contributed by atoms with van der Waals surface area (Å²) in [4.78, 5) is 4.34. The number of piperidine rings is 1. The van der Waals surface area contributed by atoms with Crippen LogP contribution < -0.4 is 4.90 Å². The normalized spacial score (nSPS) is 19.4. The Hall–Kier alpha value is -1.13. The summed E-state index contributed by atoms with van der Waals surface area (Å²) < 4.78 is 14.1. The minimum absolute atomic E-state index is 0.250. The number of aliphatic hydroxyl groups excluding tert-OH is 1. The first-order chi connectivity index (χ1) is 8.99. The van der Waals surface area contributed by atoms with Crippen molar-refractivity contribution in [2.75, 3.05) is 32.1 Å². The average molecular weight is 266 g/mol. The SMILES string of the molecule is C[C@@H](O)c1ccc(N(C)C2CCN(C)CC2)c(F)c1. The van der Waals surface area contributed by atoms with Crippen molar-refractivity contribution in [3.63, 3.8) is 0 Å². The van der Waals surface area contributed by atoms with Gasteiger partial charge in [0.25, 0.3) is 0 Å². The van der Waals surface area contributed by atoms with Gasteiger partial charge in [-0.3, -0.25) is 0 Å². The Labute approximate surface area is 114 Å². The summed E-state index contributed by atoms with van der Waals surface area (Å²) in [5.41, 5.74) is 1.25. The van der Waals surface area contributed by atoms with E-state index < -0.39 is 6.10 Å². The third-order valence-corrected chi connectivity index (χ3v) is 4.07. The second kappa shape index (κ2) is 5.88. The third-order valence-electron chi connectivity index (χ3n) is 4.07. The number of likely N-dealkylation sites (tertiary alicyclic amines) is 1. The second-order valence-corrected chi connectivity index (χ2v) is 5.53. The number of anilines is 1. The van der Waals surface area contributed by atoms with Gasteiger partial charge in [-0.05, 0) is 57.6 Å². The summed E-state index contributed by atoms with van der Waals surface area (Å²) in [6.07, 6.45) is 1.49. The summed E-state index contributed by atoms with van der Waals surface area (Å²) in [6, 6.07) is 5.40. The van der Waals surface area contributed by atoms with Gasteiger partial charge < -0.3 is 14.9 Å². The highest BCUT2D eigenvalue weighted by molar-refractivity contribution is 5.49. The molecule has 1 saturated heterocycles. The summed E-state index contributed by atoms with van der Waals surface area (Å²) in [5.74, 6) is -0.250. The lowest BCUT2D eigenvalue weighted by molar-refractivity contribution is 0.199. The number of rotatable bonds is 3. The van der Waals surface area contributed by atoms with Crippen LogP contribution in [0.2, 0.25) is 0 Å². The van der Waals surface area contributed by atoms with Gasteiger partial charge in [-0.25, -0.2) is 4.39 Å². The number of benzene rings is 1. The minimum Gasteiger partial charge on any atom is -0.389 e. The fourth-order valence-electron chi connectivity index (χ4n) is 2.65. The number of halogens is 1. The van der Waals surface area contributed by atoms with E-state index in [0.29, 0.717) is 17.3 Å². The molecule has 0 spiro atoms. The van der Waals surface area contributed by atoms with Crippen molar-refractivity contribution in [2.24, 2.45) is 0 Å². The molecule has 19 heavy (non-hydrogen) atoms. The second-order valence-electron chi connectivity index (χ2n) is 5.53. The highest BCUT2D eigenvalue weighted by Gasteiger charge is 2.22. The molecule has 106 valence electrons. The van der Waals surface area contributed by atoms with Gasteiger partial charge in [0.1, 0.15) is 5.82 Å². The Bertz CT molecular complexity index is 428. The number of nitrogens with zero attached hydrogens (tertiary/aromatic N) is 2. The molecule has 1 aliphatic rings. The first kappa shape index (κ1) is 14.3. The van der Waals surface area contributed by atoms with Gasteiger partial charge in [-0.15, -0.1) is 0 Å². The van der Waals surface area contributed by atoms with Crippen LogP contribution in [0, 0.1) is 5.82 Å². The van der Waals surface area contributed by atoms with Crippen LogP contribution in [-0.4, -0.2) is 43.2 Å². The largest absolute Gasteiger partial charge is 0.389 e. The van der Waals surface area contributed by atoms with E-state index >= 15 is 0 Å². The number of hydrogen-bond donors (Lipinski definition) is 1. The quantitative estimate of drug-likeness (QED) is 0.910. The van der Waals surface area contributed by atoms with Crippen molar-refractivity contribution in [1.29, 1.82) is 0 Å². The molecular weight excluding hydrogens is 243 g/mol. The molecule has 0 unspecified atom stereocenters. The van der Waals surface area contributed by atoms with Gasteiger partial charge in [0.15, 0.2) is 0 Å². The smallest absolute Gasteiger partial charge is 0.146 e. The predicted octanol–water partition coefficient (Wildman–Crippen LogP) is 2.41. The van der Waals surface area contributed by atoms with Crippen LogP contribution >= 0.6 is 0 Å². The summed E-state index contributed by atoms with van der Waals surface area (Å²) >= 11 is 0. The molecule has 0 radical (unpaired) electrons. The molecule has 0 saturated carbocycles. The molecule has 0 bridgehead atoms. The van der Waals surface area contributed by atoms with E-state index in [1.165, 1.54) is 6.07 Å². The number of aliphatic hydroxyl groups is 1.